The highest BCUT2D eigenvalue weighted by molar-refractivity contribution is 6.77. The van der Waals surface area contributed by atoms with E-state index in [-0.39, 0.29) is 98.3 Å². The van der Waals surface area contributed by atoms with Crippen LogP contribution in [0.1, 0.15) is 25.0 Å². The van der Waals surface area contributed by atoms with Crippen LogP contribution in [0.15, 0.2) is 72.8 Å². The Morgan fingerprint density at radius 1 is 0.240 bits per heavy atom. The van der Waals surface area contributed by atoms with Crippen molar-refractivity contribution >= 4 is 315 Å². The highest BCUT2D eigenvalue weighted by Gasteiger charge is 2.37. The van der Waals surface area contributed by atoms with E-state index in [0.717, 1.165) is 55.3 Å². The minimum Gasteiger partial charge on any atom is -0.109 e. The van der Waals surface area contributed by atoms with Gasteiger partial charge in [-0.15, -0.1) is 10.9 Å². The van der Waals surface area contributed by atoms with Gasteiger partial charge in [-0.3, -0.25) is 0 Å². The molecule has 75 heavy (non-hydrogen) atoms. The highest BCUT2D eigenvalue weighted by atomic mass is 14.4. The maximum Gasteiger partial charge on any atom is 0.113 e. The van der Waals surface area contributed by atoms with E-state index in [2.05, 4.69) is 56.3 Å². The standard InChI is InChI=1S/C57H18B18/c1-57(2)23-13-15(7-9-20(23)21-10-8-16(14-24(21)57)25-31-27-29-35(45(64)41(31)60)51(70)55(74)53(72)37(29)49(68)47(66)33(27)43(62)39(25)58)17-11-12-22(19-6-4-3-5-18(17)19)26-32-28-30-36(46(65)42(32)61)52(71)56(75)54(73)38(30)50(69)48(67)34(28)44(63)40(26)59/h3-14H,1-2H3. The lowest BCUT2D eigenvalue weighted by Crippen LogP contribution is -2.48. The molecule has 0 saturated carbocycles. The second-order valence-electron chi connectivity index (χ2n) is 20.5. The van der Waals surface area contributed by atoms with Crippen LogP contribution in [0.4, 0.5) is 0 Å². The summed E-state index contributed by atoms with van der Waals surface area (Å²) in [5.74, 6) is 0. The third-order valence-corrected chi connectivity index (χ3v) is 16.7. The van der Waals surface area contributed by atoms with E-state index in [4.69, 9.17) is 141 Å². The number of rotatable bonds is 3. The van der Waals surface area contributed by atoms with Crippen LogP contribution in [0.25, 0.3) is 120 Å². The van der Waals surface area contributed by atoms with Gasteiger partial charge in [-0.2, -0.15) is 0 Å². The molecule has 1 aliphatic carbocycles. The summed E-state index contributed by atoms with van der Waals surface area (Å²) in [4.78, 5) is 0. The summed E-state index contributed by atoms with van der Waals surface area (Å²) in [6.45, 7) is 4.40. The molecule has 300 valence electrons. The lowest BCUT2D eigenvalue weighted by molar-refractivity contribution is 0.661. The number of hydrogen-bond donors (Lipinski definition) is 0. The maximum absolute atomic E-state index is 7.11. The van der Waals surface area contributed by atoms with Crippen molar-refractivity contribution in [2.45, 2.75) is 19.3 Å². The molecule has 0 aromatic heterocycles. The smallest absolute Gasteiger partial charge is 0.109 e. The Bertz CT molecular complexity index is 4660. The molecule has 0 N–H and O–H groups in total. The van der Waals surface area contributed by atoms with E-state index in [9.17, 15) is 0 Å². The molecule has 12 aromatic rings. The number of benzene rings is 12. The van der Waals surface area contributed by atoms with Crippen molar-refractivity contribution in [2.75, 3.05) is 0 Å². The Balaban J connectivity index is 0.990. The van der Waals surface area contributed by atoms with Crippen molar-refractivity contribution in [2.24, 2.45) is 0 Å². The first kappa shape index (κ1) is 48.8. The molecule has 0 spiro atoms. The molecule has 0 atom stereocenters. The Hall–Kier alpha value is -5.85. The number of hydrogen-bond acceptors (Lipinski definition) is 0. The summed E-state index contributed by atoms with van der Waals surface area (Å²) in [5, 5.41) is 7.61. The van der Waals surface area contributed by atoms with E-state index < -0.39 is 5.41 Å². The molecular weight excluding hydrogens is 879 g/mol. The second kappa shape index (κ2) is 16.1. The van der Waals surface area contributed by atoms with Crippen LogP contribution in [0, 0.1) is 0 Å². The van der Waals surface area contributed by atoms with Crippen LogP contribution in [0.2, 0.25) is 0 Å². The molecule has 0 nitrogen and oxygen atoms in total. The molecule has 36 radical (unpaired) electrons. The second-order valence-corrected chi connectivity index (χ2v) is 20.5. The van der Waals surface area contributed by atoms with Gasteiger partial charge in [0.25, 0.3) is 0 Å². The van der Waals surface area contributed by atoms with E-state index >= 15 is 0 Å². The average Bonchev–Trinajstić information content (AvgIpc) is 3.65. The van der Waals surface area contributed by atoms with E-state index in [1.54, 1.807) is 0 Å². The number of fused-ring (bicyclic) bond motifs is 4. The van der Waals surface area contributed by atoms with Gasteiger partial charge in [0.1, 0.15) is 141 Å². The first-order chi connectivity index (χ1) is 35.5. The molecular formula is C57H18B18. The van der Waals surface area contributed by atoms with Gasteiger partial charge in [0.05, 0.1) is 0 Å². The molecule has 1 aliphatic rings. The van der Waals surface area contributed by atoms with Gasteiger partial charge in [-0.1, -0.05) is 162 Å². The zero-order chi connectivity index (χ0) is 53.2. The molecule has 0 fully saturated rings. The van der Waals surface area contributed by atoms with E-state index in [0.29, 0.717) is 75.8 Å². The van der Waals surface area contributed by atoms with Gasteiger partial charge >= 0.3 is 0 Å². The summed E-state index contributed by atoms with van der Waals surface area (Å²) in [6, 6.07) is 25.0. The highest BCUT2D eigenvalue weighted by Crippen LogP contribution is 2.52. The lowest BCUT2D eigenvalue weighted by atomic mass is 9.58. The molecule has 13 rings (SSSR count). The molecule has 0 heterocycles. The average molecular weight is 897 g/mol. The normalized spacial score (nSPS) is 13.2. The van der Waals surface area contributed by atoms with Gasteiger partial charge in [0.15, 0.2) is 0 Å². The van der Waals surface area contributed by atoms with Gasteiger partial charge < -0.3 is 0 Å². The Morgan fingerprint density at radius 2 is 0.520 bits per heavy atom. The zero-order valence-electron chi connectivity index (χ0n) is 40.8. The van der Waals surface area contributed by atoms with Crippen LogP contribution < -0.4 is 98.3 Å². The summed E-state index contributed by atoms with van der Waals surface area (Å²) in [7, 11) is 122. The van der Waals surface area contributed by atoms with E-state index in [1.165, 1.54) is 0 Å². The molecule has 0 amide bonds. The Kier molecular flexibility index (Phi) is 10.5. The quantitative estimate of drug-likeness (QED) is 0.123. The van der Waals surface area contributed by atoms with Crippen molar-refractivity contribution in [1.82, 2.24) is 0 Å². The minimum atomic E-state index is -0.520. The third kappa shape index (κ3) is 5.94. The van der Waals surface area contributed by atoms with Gasteiger partial charge in [0.2, 0.25) is 0 Å². The first-order valence-electron chi connectivity index (χ1n) is 23.9. The molecule has 0 saturated heterocycles. The topological polar surface area (TPSA) is 0 Å². The Labute approximate surface area is 459 Å². The third-order valence-electron chi connectivity index (χ3n) is 16.7. The molecule has 0 bridgehead atoms. The fraction of sp³-hybridized carbons (Fsp3) is 0.0526. The van der Waals surface area contributed by atoms with Crippen LogP contribution >= 0.6 is 0 Å². The summed E-state index contributed by atoms with van der Waals surface area (Å²) >= 11 is 0. The van der Waals surface area contributed by atoms with Crippen molar-refractivity contribution in [3.63, 3.8) is 0 Å². The van der Waals surface area contributed by atoms with Gasteiger partial charge in [0, 0.05) is 5.41 Å². The van der Waals surface area contributed by atoms with Crippen molar-refractivity contribution in [1.29, 1.82) is 0 Å². The van der Waals surface area contributed by atoms with Crippen molar-refractivity contribution < 1.29 is 0 Å². The summed E-state index contributed by atoms with van der Waals surface area (Å²) in [5.41, 5.74) is 11.8. The Morgan fingerprint density at radius 3 is 0.947 bits per heavy atom. The van der Waals surface area contributed by atoms with Gasteiger partial charge in [-0.25, -0.2) is 0 Å². The summed E-state index contributed by atoms with van der Waals surface area (Å²) in [6.07, 6.45) is 0. The van der Waals surface area contributed by atoms with Crippen LogP contribution in [-0.2, 0) is 5.41 Å². The molecule has 0 aliphatic heterocycles. The fourth-order valence-electron chi connectivity index (χ4n) is 12.9. The van der Waals surface area contributed by atoms with Crippen LogP contribution in [0.3, 0.4) is 0 Å². The van der Waals surface area contributed by atoms with E-state index in [1.807, 2.05) is 30.3 Å². The molecule has 0 unspecified atom stereocenters. The van der Waals surface area contributed by atoms with Crippen molar-refractivity contribution in [3.05, 3.63) is 83.9 Å². The van der Waals surface area contributed by atoms with Gasteiger partial charge in [-0.05, 0) is 143 Å². The molecule has 18 heteroatoms. The zero-order valence-corrected chi connectivity index (χ0v) is 40.8. The van der Waals surface area contributed by atoms with Crippen molar-refractivity contribution in [3.8, 4) is 44.5 Å². The predicted molar refractivity (Wildman–Crippen MR) is 342 cm³/mol. The molecule has 12 aromatic carbocycles. The van der Waals surface area contributed by atoms with Crippen LogP contribution in [-0.4, -0.2) is 141 Å². The largest absolute Gasteiger partial charge is 0.113 e. The van der Waals surface area contributed by atoms with Crippen LogP contribution in [0.5, 0.6) is 0 Å². The fourth-order valence-corrected chi connectivity index (χ4v) is 12.9. The summed E-state index contributed by atoms with van der Waals surface area (Å²) < 4.78 is 0. The SMILES string of the molecule is [B]c1c([B])c2c([B])c([B])c3c([B])c([B])c(-c4ccc5c(c4)C(C)(C)c4cc(-c6ccc(-c7c([B])c([B])c8c([B])c([B])c9c([B])c([B])c([B])c%10c([B])c([B])c7c8c9%10)c7ccccc67)ccc4-5)c4c([B])c([B])c(c1[B])c2c34. The predicted octanol–water partition coefficient (Wildman–Crippen LogP) is -5.77. The monoisotopic (exact) mass is 900 g/mol. The first-order valence-corrected chi connectivity index (χ1v) is 23.9. The minimum absolute atomic E-state index is 0.117. The maximum atomic E-state index is 7.11. The lowest BCUT2D eigenvalue weighted by Gasteiger charge is -2.30.